The van der Waals surface area contributed by atoms with E-state index in [0.717, 1.165) is 50.9 Å². The normalized spacial score (nSPS) is 11.4. The van der Waals surface area contributed by atoms with Crippen LogP contribution < -0.4 is 0 Å². The summed E-state index contributed by atoms with van der Waals surface area (Å²) >= 11 is 1.52. The third kappa shape index (κ3) is 2.61. The van der Waals surface area contributed by atoms with E-state index in [2.05, 4.69) is 26.0 Å². The zero-order chi connectivity index (χ0) is 17.4. The van der Waals surface area contributed by atoms with Crippen molar-refractivity contribution in [2.75, 3.05) is 0 Å². The largest absolute Gasteiger partial charge is 0.231 e. The van der Waals surface area contributed by atoms with Crippen LogP contribution in [0.1, 0.15) is 60.0 Å². The Bertz CT molecular complexity index is 939. The summed E-state index contributed by atoms with van der Waals surface area (Å²) in [5, 5.41) is 13.9. The Kier molecular flexibility index (Phi) is 4.42. The molecule has 3 aromatic rings. The molecule has 124 valence electrons. The molecule has 24 heavy (non-hydrogen) atoms. The van der Waals surface area contributed by atoms with Crippen molar-refractivity contribution in [3.8, 4) is 16.6 Å². The molecule has 5 heteroatoms. The molecule has 0 bridgehead atoms. The van der Waals surface area contributed by atoms with Crippen LogP contribution in [0.25, 0.3) is 16.2 Å². The van der Waals surface area contributed by atoms with Gasteiger partial charge in [-0.2, -0.15) is 10.4 Å². The van der Waals surface area contributed by atoms with Gasteiger partial charge in [0.2, 0.25) is 0 Å². The number of rotatable bonds is 4. The van der Waals surface area contributed by atoms with Crippen molar-refractivity contribution in [3.63, 3.8) is 0 Å². The van der Waals surface area contributed by atoms with Gasteiger partial charge in [-0.05, 0) is 57.2 Å². The van der Waals surface area contributed by atoms with Gasteiger partial charge in [0.15, 0.2) is 5.65 Å². The zero-order valence-corrected chi connectivity index (χ0v) is 15.7. The minimum Gasteiger partial charge on any atom is -0.231 e. The summed E-state index contributed by atoms with van der Waals surface area (Å²) in [7, 11) is 0. The molecule has 0 saturated heterocycles. The summed E-state index contributed by atoms with van der Waals surface area (Å²) in [4.78, 5) is 6.66. The molecular formula is C19H22N4S. The van der Waals surface area contributed by atoms with Crippen LogP contribution in [0.2, 0.25) is 0 Å². The fraction of sp³-hybridized carbons (Fsp3) is 0.421. The number of hydrogen-bond acceptors (Lipinski definition) is 4. The molecule has 0 unspecified atom stereocenters. The van der Waals surface area contributed by atoms with Crippen LogP contribution in [0.15, 0.2) is 12.1 Å². The second-order valence-corrected chi connectivity index (χ2v) is 7.32. The van der Waals surface area contributed by atoms with Crippen molar-refractivity contribution in [2.24, 2.45) is 0 Å². The molecule has 0 aliphatic carbocycles. The van der Waals surface area contributed by atoms with Crippen molar-refractivity contribution >= 4 is 17.0 Å². The van der Waals surface area contributed by atoms with Gasteiger partial charge < -0.3 is 0 Å². The minimum atomic E-state index is 0.489. The van der Waals surface area contributed by atoms with Crippen molar-refractivity contribution in [1.82, 2.24) is 14.6 Å². The Hall–Kier alpha value is -2.19. The van der Waals surface area contributed by atoms with Crippen LogP contribution >= 0.6 is 11.3 Å². The van der Waals surface area contributed by atoms with Gasteiger partial charge in [-0.15, -0.1) is 11.3 Å². The van der Waals surface area contributed by atoms with Gasteiger partial charge in [-0.1, -0.05) is 13.8 Å². The quantitative estimate of drug-likeness (QED) is 0.660. The predicted molar refractivity (Wildman–Crippen MR) is 98.5 cm³/mol. The highest BCUT2D eigenvalue weighted by Gasteiger charge is 2.21. The summed E-state index contributed by atoms with van der Waals surface area (Å²) in [5.41, 5.74) is 6.32. The maximum atomic E-state index is 9.20. The lowest BCUT2D eigenvalue weighted by atomic mass is 9.95. The molecule has 0 aliphatic rings. The molecule has 0 atom stereocenters. The number of nitrogens with zero attached hydrogens (tertiary/aromatic N) is 4. The first-order chi connectivity index (χ1) is 11.5. The third-order valence-corrected chi connectivity index (χ3v) is 5.73. The Labute approximate surface area is 146 Å². The van der Waals surface area contributed by atoms with Crippen molar-refractivity contribution in [3.05, 3.63) is 39.5 Å². The number of hydrogen-bond donors (Lipinski definition) is 0. The van der Waals surface area contributed by atoms with E-state index in [0.29, 0.717) is 5.92 Å². The van der Waals surface area contributed by atoms with E-state index in [1.54, 1.807) is 0 Å². The second-order valence-electron chi connectivity index (χ2n) is 6.27. The smallest absolute Gasteiger partial charge is 0.158 e. The van der Waals surface area contributed by atoms with Gasteiger partial charge >= 0.3 is 0 Å². The van der Waals surface area contributed by atoms with E-state index in [1.807, 2.05) is 31.4 Å². The first-order valence-corrected chi connectivity index (χ1v) is 9.19. The highest BCUT2D eigenvalue weighted by molar-refractivity contribution is 7.16. The molecule has 0 aliphatic heterocycles. The average Bonchev–Trinajstić information content (AvgIpc) is 3.07. The highest BCUT2D eigenvalue weighted by Crippen LogP contribution is 2.36. The van der Waals surface area contributed by atoms with Gasteiger partial charge in [0.25, 0.3) is 0 Å². The lowest BCUT2D eigenvalue weighted by Crippen LogP contribution is -2.05. The van der Waals surface area contributed by atoms with Gasteiger partial charge in [-0.25, -0.2) is 9.50 Å². The fourth-order valence-corrected chi connectivity index (χ4v) is 4.39. The SMILES string of the molecule is CCC(CC)c1cc(C)nn2c(-c3sc(C#N)cc3C)c(C)nc12. The summed E-state index contributed by atoms with van der Waals surface area (Å²) in [5.74, 6) is 0.489. The van der Waals surface area contributed by atoms with Crippen LogP contribution in [-0.4, -0.2) is 14.6 Å². The number of fused-ring (bicyclic) bond motifs is 1. The Morgan fingerprint density at radius 3 is 2.50 bits per heavy atom. The number of aryl methyl sites for hydroxylation is 3. The Morgan fingerprint density at radius 2 is 1.92 bits per heavy atom. The van der Waals surface area contributed by atoms with Crippen molar-refractivity contribution in [1.29, 1.82) is 5.26 Å². The molecule has 0 fully saturated rings. The molecule has 3 rings (SSSR count). The molecule has 0 radical (unpaired) electrons. The highest BCUT2D eigenvalue weighted by atomic mass is 32.1. The van der Waals surface area contributed by atoms with Crippen molar-refractivity contribution in [2.45, 2.75) is 53.4 Å². The molecule has 3 aromatic heterocycles. The molecule has 4 nitrogen and oxygen atoms in total. The standard InChI is InChI=1S/C19H22N4S/c1-6-14(7-2)16-9-12(4)22-23-17(13(5)21-19(16)23)18-11(3)8-15(10-20)24-18/h8-9,14H,6-7H2,1-5H3. The van der Waals surface area contributed by atoms with Crippen LogP contribution in [0.3, 0.4) is 0 Å². The summed E-state index contributed by atoms with van der Waals surface area (Å²) in [6, 6.07) is 6.36. The molecule has 0 N–H and O–H groups in total. The Morgan fingerprint density at radius 1 is 1.21 bits per heavy atom. The summed E-state index contributed by atoms with van der Waals surface area (Å²) < 4.78 is 1.98. The van der Waals surface area contributed by atoms with Crippen molar-refractivity contribution < 1.29 is 0 Å². The van der Waals surface area contributed by atoms with Crippen LogP contribution in [0.5, 0.6) is 0 Å². The molecule has 3 heterocycles. The first kappa shape index (κ1) is 16.7. The number of thiophene rings is 1. The topological polar surface area (TPSA) is 54.0 Å². The van der Waals surface area contributed by atoms with E-state index in [9.17, 15) is 5.26 Å². The number of imidazole rings is 1. The van der Waals surface area contributed by atoms with Gasteiger partial charge in [-0.3, -0.25) is 0 Å². The molecule has 0 aromatic carbocycles. The number of nitriles is 1. The molecule has 0 spiro atoms. The third-order valence-electron chi connectivity index (χ3n) is 4.58. The van der Waals surface area contributed by atoms with E-state index < -0.39 is 0 Å². The molecule has 0 amide bonds. The summed E-state index contributed by atoms with van der Waals surface area (Å²) in [6.07, 6.45) is 2.18. The van der Waals surface area contributed by atoms with Gasteiger partial charge in [0, 0.05) is 5.56 Å². The van der Waals surface area contributed by atoms with E-state index in [4.69, 9.17) is 10.1 Å². The predicted octanol–water partition coefficient (Wildman–Crippen LogP) is 5.16. The number of aromatic nitrogens is 3. The maximum Gasteiger partial charge on any atom is 0.158 e. The van der Waals surface area contributed by atoms with Gasteiger partial charge in [0.05, 0.1) is 16.3 Å². The van der Waals surface area contributed by atoms with Crippen LogP contribution in [-0.2, 0) is 0 Å². The second kappa shape index (κ2) is 6.37. The van der Waals surface area contributed by atoms with E-state index >= 15 is 0 Å². The fourth-order valence-electron chi connectivity index (χ4n) is 3.34. The van der Waals surface area contributed by atoms with E-state index in [1.165, 1.54) is 16.9 Å². The molecule has 0 saturated carbocycles. The average molecular weight is 338 g/mol. The lowest BCUT2D eigenvalue weighted by molar-refractivity contribution is 0.638. The van der Waals surface area contributed by atoms with Crippen LogP contribution in [0.4, 0.5) is 0 Å². The molecular weight excluding hydrogens is 316 g/mol. The van der Waals surface area contributed by atoms with Crippen LogP contribution in [0, 0.1) is 32.1 Å². The first-order valence-electron chi connectivity index (χ1n) is 8.37. The maximum absolute atomic E-state index is 9.20. The van der Waals surface area contributed by atoms with E-state index in [-0.39, 0.29) is 0 Å². The monoisotopic (exact) mass is 338 g/mol. The summed E-state index contributed by atoms with van der Waals surface area (Å²) in [6.45, 7) is 10.6. The zero-order valence-electron chi connectivity index (χ0n) is 14.8. The Balaban J connectivity index is 2.33. The lowest BCUT2D eigenvalue weighted by Gasteiger charge is -2.14. The van der Waals surface area contributed by atoms with Gasteiger partial charge in [0.1, 0.15) is 16.6 Å². The minimum absolute atomic E-state index is 0.489.